The number of anilines is 1. The molecule has 0 aromatic heterocycles. The average Bonchev–Trinajstić information content (AvgIpc) is 2.42. The highest BCUT2D eigenvalue weighted by molar-refractivity contribution is 6.31. The topological polar surface area (TPSA) is 61.6 Å². The van der Waals surface area contributed by atoms with Crippen molar-refractivity contribution in [3.05, 3.63) is 28.8 Å². The van der Waals surface area contributed by atoms with Crippen LogP contribution < -0.4 is 11.3 Å². The highest BCUT2D eigenvalue weighted by Crippen LogP contribution is 2.22. The second-order valence-corrected chi connectivity index (χ2v) is 6.22. The first-order valence-electron chi connectivity index (χ1n) is 7.05. The van der Waals surface area contributed by atoms with E-state index in [2.05, 4.69) is 24.2 Å². The molecule has 0 fully saturated rings. The molecule has 0 saturated heterocycles. The zero-order chi connectivity index (χ0) is 16.0. The standard InChI is InChI=1S/C15H25ClN4O/c1-11(2)10-20(8-7-19(3)4)15(21)13-9-12(16)5-6-14(13)18-17/h5-6,9,11,18H,7-8,10,17H2,1-4H3. The minimum absolute atomic E-state index is 0.0546. The van der Waals surface area contributed by atoms with E-state index in [-0.39, 0.29) is 5.91 Å². The van der Waals surface area contributed by atoms with Crippen LogP contribution in [0.4, 0.5) is 5.69 Å². The molecule has 0 saturated carbocycles. The molecule has 0 bridgehead atoms. The first-order valence-corrected chi connectivity index (χ1v) is 7.43. The third kappa shape index (κ3) is 5.53. The maximum atomic E-state index is 12.8. The molecule has 1 aromatic carbocycles. The van der Waals surface area contributed by atoms with E-state index in [0.717, 1.165) is 6.54 Å². The summed E-state index contributed by atoms with van der Waals surface area (Å²) >= 11 is 6.01. The van der Waals surface area contributed by atoms with Crippen molar-refractivity contribution < 1.29 is 4.79 Å². The second-order valence-electron chi connectivity index (χ2n) is 5.78. The van der Waals surface area contributed by atoms with Crippen molar-refractivity contribution in [2.24, 2.45) is 11.8 Å². The Hall–Kier alpha value is -1.30. The molecule has 1 rings (SSSR count). The molecule has 0 unspecified atom stereocenters. The van der Waals surface area contributed by atoms with Crippen molar-refractivity contribution in [2.75, 3.05) is 39.2 Å². The lowest BCUT2D eigenvalue weighted by Gasteiger charge is -2.27. The number of halogens is 1. The van der Waals surface area contributed by atoms with Gasteiger partial charge in [0.15, 0.2) is 0 Å². The summed E-state index contributed by atoms with van der Waals surface area (Å²) in [6.07, 6.45) is 0. The van der Waals surface area contributed by atoms with Gasteiger partial charge in [-0.3, -0.25) is 10.6 Å². The van der Waals surface area contributed by atoms with Gasteiger partial charge < -0.3 is 15.2 Å². The van der Waals surface area contributed by atoms with Gasteiger partial charge in [-0.2, -0.15) is 0 Å². The summed E-state index contributed by atoms with van der Waals surface area (Å²) in [5.41, 5.74) is 3.65. The monoisotopic (exact) mass is 312 g/mol. The van der Waals surface area contributed by atoms with Gasteiger partial charge in [-0.05, 0) is 38.2 Å². The number of likely N-dealkylation sites (N-methyl/N-ethyl adjacent to an activating group) is 1. The summed E-state index contributed by atoms with van der Waals surface area (Å²) in [6.45, 7) is 6.36. The molecule has 1 aromatic rings. The molecule has 0 heterocycles. The van der Waals surface area contributed by atoms with Crippen LogP contribution in [0.5, 0.6) is 0 Å². The molecule has 0 radical (unpaired) electrons. The summed E-state index contributed by atoms with van der Waals surface area (Å²) in [5.74, 6) is 5.83. The minimum Gasteiger partial charge on any atom is -0.337 e. The van der Waals surface area contributed by atoms with Gasteiger partial charge in [0.25, 0.3) is 5.91 Å². The van der Waals surface area contributed by atoms with E-state index in [0.29, 0.717) is 35.3 Å². The number of carbonyl (C=O) groups is 1. The SMILES string of the molecule is CC(C)CN(CCN(C)C)C(=O)c1cc(Cl)ccc1NN. The van der Waals surface area contributed by atoms with Gasteiger partial charge >= 0.3 is 0 Å². The molecule has 0 aliphatic carbocycles. The molecule has 21 heavy (non-hydrogen) atoms. The molecular formula is C15H25ClN4O. The fourth-order valence-corrected chi connectivity index (χ4v) is 2.20. The average molecular weight is 313 g/mol. The molecule has 118 valence electrons. The van der Waals surface area contributed by atoms with Crippen LogP contribution in [0.15, 0.2) is 18.2 Å². The number of benzene rings is 1. The molecule has 3 N–H and O–H groups in total. The number of hydrogen-bond donors (Lipinski definition) is 2. The van der Waals surface area contributed by atoms with Crippen LogP contribution in [-0.2, 0) is 0 Å². The molecule has 5 nitrogen and oxygen atoms in total. The predicted molar refractivity (Wildman–Crippen MR) is 88.6 cm³/mol. The fraction of sp³-hybridized carbons (Fsp3) is 0.533. The Kier molecular flexibility index (Phi) is 6.95. The normalized spacial score (nSPS) is 11.0. The Morgan fingerprint density at radius 1 is 1.33 bits per heavy atom. The fourth-order valence-electron chi connectivity index (χ4n) is 2.03. The number of nitrogens with one attached hydrogen (secondary N) is 1. The summed E-state index contributed by atoms with van der Waals surface area (Å²) in [7, 11) is 3.98. The van der Waals surface area contributed by atoms with E-state index >= 15 is 0 Å². The Morgan fingerprint density at radius 3 is 2.52 bits per heavy atom. The third-order valence-corrected chi connectivity index (χ3v) is 3.29. The summed E-state index contributed by atoms with van der Waals surface area (Å²) in [4.78, 5) is 16.7. The van der Waals surface area contributed by atoms with Crippen LogP contribution >= 0.6 is 11.6 Å². The van der Waals surface area contributed by atoms with E-state index in [1.165, 1.54) is 0 Å². The molecule has 0 aliphatic rings. The number of hydrazine groups is 1. The van der Waals surface area contributed by atoms with E-state index in [4.69, 9.17) is 17.4 Å². The van der Waals surface area contributed by atoms with Gasteiger partial charge in [-0.15, -0.1) is 0 Å². The molecular weight excluding hydrogens is 288 g/mol. The van der Waals surface area contributed by atoms with Crippen LogP contribution in [0.25, 0.3) is 0 Å². The first kappa shape index (κ1) is 17.8. The van der Waals surface area contributed by atoms with E-state index < -0.39 is 0 Å². The van der Waals surface area contributed by atoms with E-state index in [1.807, 2.05) is 19.0 Å². The maximum absolute atomic E-state index is 12.8. The molecule has 1 amide bonds. The molecule has 0 spiro atoms. The second kappa shape index (κ2) is 8.22. The number of nitrogens with zero attached hydrogens (tertiary/aromatic N) is 2. The number of carbonyl (C=O) groups excluding carboxylic acids is 1. The summed E-state index contributed by atoms with van der Waals surface area (Å²) < 4.78 is 0. The van der Waals surface area contributed by atoms with Gasteiger partial charge in [0.1, 0.15) is 0 Å². The summed E-state index contributed by atoms with van der Waals surface area (Å²) in [5, 5.41) is 0.523. The number of amides is 1. The number of nitrogens with two attached hydrogens (primary N) is 1. The van der Waals surface area contributed by atoms with E-state index in [1.54, 1.807) is 18.2 Å². The van der Waals surface area contributed by atoms with Gasteiger partial charge in [-0.1, -0.05) is 25.4 Å². The van der Waals surface area contributed by atoms with Crippen molar-refractivity contribution in [2.45, 2.75) is 13.8 Å². The highest BCUT2D eigenvalue weighted by atomic mass is 35.5. The highest BCUT2D eigenvalue weighted by Gasteiger charge is 2.20. The zero-order valence-electron chi connectivity index (χ0n) is 13.2. The van der Waals surface area contributed by atoms with Gasteiger partial charge in [0, 0.05) is 24.7 Å². The van der Waals surface area contributed by atoms with Crippen LogP contribution in [-0.4, -0.2) is 49.4 Å². The first-order chi connectivity index (χ1) is 9.85. The molecule has 0 atom stereocenters. The number of nitrogen functional groups attached to an aromatic ring is 1. The third-order valence-electron chi connectivity index (χ3n) is 3.06. The van der Waals surface area contributed by atoms with E-state index in [9.17, 15) is 4.79 Å². The van der Waals surface area contributed by atoms with Crippen LogP contribution in [0.2, 0.25) is 5.02 Å². The molecule has 6 heteroatoms. The lowest BCUT2D eigenvalue weighted by Crippen LogP contribution is -2.39. The summed E-state index contributed by atoms with van der Waals surface area (Å²) in [6, 6.07) is 5.08. The Labute approximate surface area is 132 Å². The Bertz CT molecular complexity index is 477. The Balaban J connectivity index is 3.00. The smallest absolute Gasteiger partial charge is 0.256 e. The number of rotatable bonds is 7. The maximum Gasteiger partial charge on any atom is 0.256 e. The van der Waals surface area contributed by atoms with Crippen molar-refractivity contribution >= 4 is 23.2 Å². The molecule has 0 aliphatic heterocycles. The lowest BCUT2D eigenvalue weighted by molar-refractivity contribution is 0.0725. The van der Waals surface area contributed by atoms with Crippen molar-refractivity contribution in [1.29, 1.82) is 0 Å². The minimum atomic E-state index is -0.0546. The van der Waals surface area contributed by atoms with Crippen molar-refractivity contribution in [1.82, 2.24) is 9.80 Å². The Morgan fingerprint density at radius 2 is 2.00 bits per heavy atom. The van der Waals surface area contributed by atoms with Gasteiger partial charge in [0.05, 0.1) is 11.3 Å². The van der Waals surface area contributed by atoms with Crippen molar-refractivity contribution in [3.63, 3.8) is 0 Å². The largest absolute Gasteiger partial charge is 0.337 e. The number of hydrogen-bond acceptors (Lipinski definition) is 4. The van der Waals surface area contributed by atoms with Crippen molar-refractivity contribution in [3.8, 4) is 0 Å². The van der Waals surface area contributed by atoms with Crippen LogP contribution in [0.1, 0.15) is 24.2 Å². The lowest BCUT2D eigenvalue weighted by atomic mass is 10.1. The van der Waals surface area contributed by atoms with Gasteiger partial charge in [-0.25, -0.2) is 0 Å². The van der Waals surface area contributed by atoms with Crippen LogP contribution in [0, 0.1) is 5.92 Å². The van der Waals surface area contributed by atoms with Crippen LogP contribution in [0.3, 0.4) is 0 Å². The predicted octanol–water partition coefficient (Wildman–Crippen LogP) is 2.29. The zero-order valence-corrected chi connectivity index (χ0v) is 13.9. The quantitative estimate of drug-likeness (QED) is 0.599. The van der Waals surface area contributed by atoms with Gasteiger partial charge in [0.2, 0.25) is 0 Å².